The molecular formula is C52H64N8O6S2. The summed E-state index contributed by atoms with van der Waals surface area (Å²) in [6.07, 6.45) is 4.40. The first-order valence-corrected chi connectivity index (χ1v) is 25.3. The SMILES string of the molecule is Cc1ncsc1-c1ccc([C@H](C)NC(=O)[C@@H]2C[C@@H](C)CN2C(=O)C(c2ccno2)C(C)C)cc1.Cc1ncsc1-c1ccc([C@H](C)NC(=O)[C@@H]2C[C@@H](C)CN2C(=O)[C@H](c2ccno2)C(C)C)cc1. The summed E-state index contributed by atoms with van der Waals surface area (Å²) in [7, 11) is 0. The molecule has 14 nitrogen and oxygen atoms in total. The summed E-state index contributed by atoms with van der Waals surface area (Å²) in [5.41, 5.74) is 10.0. The van der Waals surface area contributed by atoms with E-state index in [4.69, 9.17) is 9.05 Å². The molecule has 2 fully saturated rings. The van der Waals surface area contributed by atoms with Crippen LogP contribution < -0.4 is 10.6 Å². The van der Waals surface area contributed by atoms with Crippen LogP contribution in [0, 0.1) is 37.5 Å². The molecule has 0 spiro atoms. The quantitative estimate of drug-likeness (QED) is 0.107. The van der Waals surface area contributed by atoms with Gasteiger partial charge in [0.1, 0.15) is 35.4 Å². The van der Waals surface area contributed by atoms with E-state index < -0.39 is 23.9 Å². The number of aromatic nitrogens is 4. The number of thiazole rings is 2. The second kappa shape index (κ2) is 22.0. The van der Waals surface area contributed by atoms with E-state index in [0.29, 0.717) is 37.5 Å². The van der Waals surface area contributed by atoms with Gasteiger partial charge in [-0.2, -0.15) is 0 Å². The van der Waals surface area contributed by atoms with E-state index in [1.165, 1.54) is 0 Å². The molecule has 0 radical (unpaired) electrons. The van der Waals surface area contributed by atoms with E-state index in [-0.39, 0.29) is 59.4 Å². The Kier molecular flexibility index (Phi) is 16.1. The van der Waals surface area contributed by atoms with Crippen molar-refractivity contribution in [1.29, 1.82) is 0 Å². The van der Waals surface area contributed by atoms with Gasteiger partial charge in [-0.3, -0.25) is 19.2 Å². The van der Waals surface area contributed by atoms with Crippen LogP contribution in [0.3, 0.4) is 0 Å². The van der Waals surface area contributed by atoms with Gasteiger partial charge in [-0.15, -0.1) is 22.7 Å². The number of carbonyl (C=O) groups excluding carboxylic acids is 4. The van der Waals surface area contributed by atoms with Gasteiger partial charge in [0.05, 0.1) is 56.6 Å². The first-order chi connectivity index (χ1) is 32.5. The molecule has 68 heavy (non-hydrogen) atoms. The summed E-state index contributed by atoms with van der Waals surface area (Å²) in [4.78, 5) is 68.1. The minimum atomic E-state index is -0.492. The number of aryl methyl sites for hydroxylation is 2. The van der Waals surface area contributed by atoms with Crippen molar-refractivity contribution in [2.75, 3.05) is 13.1 Å². The molecule has 0 bridgehead atoms. The predicted molar refractivity (Wildman–Crippen MR) is 264 cm³/mol. The molecule has 8 atom stereocenters. The number of hydrogen-bond acceptors (Lipinski definition) is 12. The van der Waals surface area contributed by atoms with E-state index in [1.807, 2.05) is 90.7 Å². The number of nitrogens with one attached hydrogen (secondary N) is 2. The molecule has 6 heterocycles. The molecule has 2 aliphatic heterocycles. The maximum Gasteiger partial charge on any atom is 0.243 e. The summed E-state index contributed by atoms with van der Waals surface area (Å²) in [5.74, 6) is 0.346. The van der Waals surface area contributed by atoms with Crippen molar-refractivity contribution in [2.45, 2.75) is 118 Å². The highest BCUT2D eigenvalue weighted by Gasteiger charge is 2.44. The summed E-state index contributed by atoms with van der Waals surface area (Å²) in [6.45, 7) is 21.2. The third kappa shape index (κ3) is 11.3. The van der Waals surface area contributed by atoms with Crippen LogP contribution in [0.2, 0.25) is 0 Å². The highest BCUT2D eigenvalue weighted by molar-refractivity contribution is 7.13. The second-order valence-corrected chi connectivity index (χ2v) is 20.9. The van der Waals surface area contributed by atoms with Crippen LogP contribution in [0.1, 0.15) is 126 Å². The van der Waals surface area contributed by atoms with Crippen molar-refractivity contribution < 1.29 is 28.2 Å². The summed E-state index contributed by atoms with van der Waals surface area (Å²) < 4.78 is 10.7. The van der Waals surface area contributed by atoms with Gasteiger partial charge < -0.3 is 29.5 Å². The Morgan fingerprint density at radius 3 is 1.25 bits per heavy atom. The number of carbonyl (C=O) groups is 4. The van der Waals surface area contributed by atoms with Crippen LogP contribution in [-0.4, -0.2) is 78.9 Å². The van der Waals surface area contributed by atoms with Gasteiger partial charge in [-0.1, -0.05) is 100 Å². The van der Waals surface area contributed by atoms with Gasteiger partial charge in [-0.05, 0) is 86.5 Å². The normalized spacial score (nSPS) is 19.9. The van der Waals surface area contributed by atoms with Crippen LogP contribution in [0.25, 0.3) is 20.9 Å². The number of likely N-dealkylation sites (tertiary alicyclic amines) is 2. The van der Waals surface area contributed by atoms with E-state index in [1.54, 1.807) is 57.0 Å². The molecule has 8 rings (SSSR count). The van der Waals surface area contributed by atoms with E-state index >= 15 is 0 Å². The smallest absolute Gasteiger partial charge is 0.243 e. The minimum Gasteiger partial charge on any atom is -0.361 e. The molecule has 4 amide bonds. The van der Waals surface area contributed by atoms with Crippen LogP contribution >= 0.6 is 22.7 Å². The lowest BCUT2D eigenvalue weighted by molar-refractivity contribution is -0.141. The Balaban J connectivity index is 0.000000201. The van der Waals surface area contributed by atoms with Gasteiger partial charge in [-0.25, -0.2) is 9.97 Å². The summed E-state index contributed by atoms with van der Waals surface area (Å²) in [6, 6.07) is 18.6. The van der Waals surface area contributed by atoms with Crippen LogP contribution in [0.15, 0.2) is 93.1 Å². The van der Waals surface area contributed by atoms with Crippen LogP contribution in [-0.2, 0) is 19.2 Å². The lowest BCUT2D eigenvalue weighted by Crippen LogP contribution is -2.48. The van der Waals surface area contributed by atoms with Crippen molar-refractivity contribution in [1.82, 2.24) is 40.7 Å². The Morgan fingerprint density at radius 1 is 0.588 bits per heavy atom. The highest BCUT2D eigenvalue weighted by atomic mass is 32.1. The Morgan fingerprint density at radius 2 is 0.956 bits per heavy atom. The summed E-state index contributed by atoms with van der Waals surface area (Å²) >= 11 is 3.24. The molecule has 0 saturated carbocycles. The van der Waals surface area contributed by atoms with Gasteiger partial charge in [0.2, 0.25) is 23.6 Å². The number of rotatable bonds is 14. The number of amides is 4. The van der Waals surface area contributed by atoms with Crippen molar-refractivity contribution in [3.8, 4) is 20.9 Å². The fraction of sp³-hybridized carbons (Fsp3) is 0.462. The van der Waals surface area contributed by atoms with E-state index in [2.05, 4.69) is 69.0 Å². The van der Waals surface area contributed by atoms with Crippen molar-refractivity contribution in [3.05, 3.63) is 118 Å². The van der Waals surface area contributed by atoms with E-state index in [0.717, 1.165) is 43.4 Å². The van der Waals surface area contributed by atoms with Gasteiger partial charge in [0, 0.05) is 25.2 Å². The fourth-order valence-corrected chi connectivity index (χ4v) is 11.1. The first kappa shape index (κ1) is 49.9. The van der Waals surface area contributed by atoms with Gasteiger partial charge in [0.25, 0.3) is 0 Å². The maximum absolute atomic E-state index is 13.5. The minimum absolute atomic E-state index is 0.0275. The molecule has 0 aliphatic carbocycles. The van der Waals surface area contributed by atoms with Crippen LogP contribution in [0.5, 0.6) is 0 Å². The Bertz CT molecular complexity index is 2430. The van der Waals surface area contributed by atoms with Crippen molar-refractivity contribution in [2.24, 2.45) is 23.7 Å². The molecule has 1 unspecified atom stereocenters. The molecule has 2 aromatic carbocycles. The third-order valence-electron chi connectivity index (χ3n) is 13.1. The molecule has 360 valence electrons. The maximum atomic E-state index is 13.5. The lowest BCUT2D eigenvalue weighted by atomic mass is 9.91. The first-order valence-electron chi connectivity index (χ1n) is 23.6. The average molecular weight is 961 g/mol. The molecule has 2 aliphatic rings. The fourth-order valence-electron chi connectivity index (χ4n) is 9.47. The van der Waals surface area contributed by atoms with Crippen molar-refractivity contribution >= 4 is 46.3 Å². The van der Waals surface area contributed by atoms with Crippen LogP contribution in [0.4, 0.5) is 0 Å². The third-order valence-corrected chi connectivity index (χ3v) is 15.1. The second-order valence-electron chi connectivity index (χ2n) is 19.2. The molecular weight excluding hydrogens is 897 g/mol. The Labute approximate surface area is 407 Å². The lowest BCUT2D eigenvalue weighted by Gasteiger charge is -2.29. The number of nitrogens with zero attached hydrogens (tertiary/aromatic N) is 6. The zero-order valence-corrected chi connectivity index (χ0v) is 42.3. The monoisotopic (exact) mass is 960 g/mol. The summed E-state index contributed by atoms with van der Waals surface area (Å²) in [5, 5.41) is 13.8. The predicted octanol–water partition coefficient (Wildman–Crippen LogP) is 9.92. The molecule has 6 aromatic rings. The molecule has 16 heteroatoms. The topological polar surface area (TPSA) is 177 Å². The molecule has 2 saturated heterocycles. The average Bonchev–Trinajstić information content (AvgIpc) is 4.18. The van der Waals surface area contributed by atoms with Gasteiger partial charge >= 0.3 is 0 Å². The van der Waals surface area contributed by atoms with Gasteiger partial charge in [0.15, 0.2) is 0 Å². The largest absolute Gasteiger partial charge is 0.361 e. The Hall–Kier alpha value is -6.00. The number of benzene rings is 2. The van der Waals surface area contributed by atoms with E-state index in [9.17, 15) is 19.2 Å². The molecule has 4 aromatic heterocycles. The highest BCUT2D eigenvalue weighted by Crippen LogP contribution is 2.35. The standard InChI is InChI=1S/2C26H32N4O3S/c2*1-15(2)23(22-10-11-28-33-22)26(32)30-13-16(3)12-21(30)25(31)29-17(4)19-6-8-20(9-7-19)24-18(5)27-14-34-24/h2*6-11,14-17,21,23H,12-13H2,1-5H3,(H,29,31)/t16-,17+,21+,23?;16-,17+,21+,23+/m11/s1. The zero-order valence-electron chi connectivity index (χ0n) is 40.6. The molecule has 2 N–H and O–H groups in total. The number of hydrogen-bond donors (Lipinski definition) is 2. The van der Waals surface area contributed by atoms with Crippen molar-refractivity contribution in [3.63, 3.8) is 0 Å². The zero-order chi connectivity index (χ0) is 48.8.